The SMILES string of the molecule is CCNC(=NCc1cccc(COC)c1)NCCOC.I. The Hall–Kier alpha value is -0.860. The molecule has 2 N–H and O–H groups in total. The Morgan fingerprint density at radius 1 is 1.14 bits per heavy atom. The van der Waals surface area contributed by atoms with Gasteiger partial charge in [0.1, 0.15) is 0 Å². The molecule has 0 aliphatic heterocycles. The third-order valence-electron chi connectivity index (χ3n) is 2.66. The van der Waals surface area contributed by atoms with E-state index >= 15 is 0 Å². The van der Waals surface area contributed by atoms with E-state index < -0.39 is 0 Å². The van der Waals surface area contributed by atoms with Crippen molar-refractivity contribution in [1.82, 2.24) is 10.6 Å². The normalized spacial score (nSPS) is 10.9. The van der Waals surface area contributed by atoms with E-state index in [0.29, 0.717) is 19.8 Å². The summed E-state index contributed by atoms with van der Waals surface area (Å²) in [5.41, 5.74) is 2.33. The zero-order valence-corrected chi connectivity index (χ0v) is 15.3. The summed E-state index contributed by atoms with van der Waals surface area (Å²) in [5.74, 6) is 0.807. The van der Waals surface area contributed by atoms with Crippen LogP contribution in [0.15, 0.2) is 29.3 Å². The Morgan fingerprint density at radius 2 is 1.90 bits per heavy atom. The molecule has 0 fully saturated rings. The smallest absolute Gasteiger partial charge is 0.191 e. The molecule has 1 aromatic rings. The highest BCUT2D eigenvalue weighted by Crippen LogP contribution is 2.07. The molecule has 0 aromatic heterocycles. The molecule has 0 bridgehead atoms. The van der Waals surface area contributed by atoms with Gasteiger partial charge in [-0.3, -0.25) is 0 Å². The van der Waals surface area contributed by atoms with Gasteiger partial charge in [0.15, 0.2) is 5.96 Å². The van der Waals surface area contributed by atoms with Crippen molar-refractivity contribution in [1.29, 1.82) is 0 Å². The van der Waals surface area contributed by atoms with E-state index in [9.17, 15) is 0 Å². The molecule has 0 saturated heterocycles. The number of aliphatic imine (C=N–C) groups is 1. The minimum atomic E-state index is 0. The van der Waals surface area contributed by atoms with E-state index in [2.05, 4.69) is 33.8 Å². The van der Waals surface area contributed by atoms with Crippen molar-refractivity contribution in [2.45, 2.75) is 20.1 Å². The highest BCUT2D eigenvalue weighted by Gasteiger charge is 1.98. The standard InChI is InChI=1S/C15H25N3O2.HI/c1-4-16-15(17-8-9-19-2)18-11-13-6-5-7-14(10-13)12-20-3;/h5-7,10H,4,8-9,11-12H2,1-3H3,(H2,16,17,18);1H. The number of guanidine groups is 1. The first-order chi connectivity index (χ1) is 9.80. The van der Waals surface area contributed by atoms with Crippen LogP contribution in [0.4, 0.5) is 0 Å². The molecule has 0 saturated carbocycles. The summed E-state index contributed by atoms with van der Waals surface area (Å²) in [6, 6.07) is 8.27. The molecule has 21 heavy (non-hydrogen) atoms. The van der Waals surface area contributed by atoms with Gasteiger partial charge in [-0.1, -0.05) is 24.3 Å². The number of hydrogen-bond acceptors (Lipinski definition) is 3. The number of nitrogens with zero attached hydrogens (tertiary/aromatic N) is 1. The van der Waals surface area contributed by atoms with Crippen molar-refractivity contribution in [2.75, 3.05) is 33.9 Å². The van der Waals surface area contributed by atoms with E-state index in [1.807, 2.05) is 13.0 Å². The van der Waals surface area contributed by atoms with Crippen LogP contribution < -0.4 is 10.6 Å². The second-order valence-corrected chi connectivity index (χ2v) is 4.37. The second kappa shape index (κ2) is 12.8. The first kappa shape index (κ1) is 20.1. The van der Waals surface area contributed by atoms with Crippen molar-refractivity contribution < 1.29 is 9.47 Å². The molecular weight excluding hydrogens is 381 g/mol. The van der Waals surface area contributed by atoms with Gasteiger partial charge < -0.3 is 20.1 Å². The zero-order valence-electron chi connectivity index (χ0n) is 13.0. The summed E-state index contributed by atoms with van der Waals surface area (Å²) < 4.78 is 10.2. The van der Waals surface area contributed by atoms with Crippen LogP contribution in [0, 0.1) is 0 Å². The number of ether oxygens (including phenoxy) is 2. The largest absolute Gasteiger partial charge is 0.383 e. The molecule has 0 aliphatic carbocycles. The van der Waals surface area contributed by atoms with Crippen molar-refractivity contribution in [3.8, 4) is 0 Å². The summed E-state index contributed by atoms with van der Waals surface area (Å²) in [7, 11) is 3.39. The lowest BCUT2D eigenvalue weighted by molar-refractivity contribution is 0.185. The second-order valence-electron chi connectivity index (χ2n) is 4.37. The minimum Gasteiger partial charge on any atom is -0.383 e. The molecule has 0 unspecified atom stereocenters. The molecule has 0 radical (unpaired) electrons. The van der Waals surface area contributed by atoms with E-state index in [1.54, 1.807) is 14.2 Å². The number of methoxy groups -OCH3 is 2. The third-order valence-corrected chi connectivity index (χ3v) is 2.66. The van der Waals surface area contributed by atoms with Crippen molar-refractivity contribution >= 4 is 29.9 Å². The molecule has 120 valence electrons. The first-order valence-electron chi connectivity index (χ1n) is 6.88. The van der Waals surface area contributed by atoms with E-state index in [1.165, 1.54) is 5.56 Å². The summed E-state index contributed by atoms with van der Waals surface area (Å²) in [5, 5.41) is 6.43. The molecule has 5 nitrogen and oxygen atoms in total. The Balaban J connectivity index is 0.00000400. The topological polar surface area (TPSA) is 54.9 Å². The molecule has 0 atom stereocenters. The maximum Gasteiger partial charge on any atom is 0.191 e. The van der Waals surface area contributed by atoms with E-state index in [0.717, 1.165) is 24.6 Å². The zero-order chi connectivity index (χ0) is 14.6. The Morgan fingerprint density at radius 3 is 2.57 bits per heavy atom. The highest BCUT2D eigenvalue weighted by atomic mass is 127. The maximum atomic E-state index is 5.14. The fraction of sp³-hybridized carbons (Fsp3) is 0.533. The van der Waals surface area contributed by atoms with Crippen LogP contribution in [0.25, 0.3) is 0 Å². The monoisotopic (exact) mass is 407 g/mol. The Kier molecular flexibility index (Phi) is 12.3. The average Bonchev–Trinajstić information content (AvgIpc) is 2.46. The van der Waals surface area contributed by atoms with Gasteiger partial charge in [-0.05, 0) is 18.1 Å². The van der Waals surface area contributed by atoms with Gasteiger partial charge in [0, 0.05) is 27.3 Å². The predicted octanol–water partition coefficient (Wildman–Crippen LogP) is 2.15. The number of nitrogens with one attached hydrogen (secondary N) is 2. The van der Waals surface area contributed by atoms with Crippen LogP contribution in [0.2, 0.25) is 0 Å². The van der Waals surface area contributed by atoms with Gasteiger partial charge in [-0.25, -0.2) is 4.99 Å². The molecular formula is C15H26IN3O2. The third kappa shape index (κ3) is 8.90. The van der Waals surface area contributed by atoms with Crippen LogP contribution in [0.1, 0.15) is 18.1 Å². The first-order valence-corrected chi connectivity index (χ1v) is 6.88. The predicted molar refractivity (Wildman–Crippen MR) is 97.3 cm³/mol. The van der Waals surface area contributed by atoms with Crippen LogP contribution in [-0.4, -0.2) is 39.9 Å². The highest BCUT2D eigenvalue weighted by molar-refractivity contribution is 14.0. The molecule has 0 aliphatic rings. The van der Waals surface area contributed by atoms with Gasteiger partial charge in [-0.2, -0.15) is 0 Å². The number of rotatable bonds is 8. The van der Waals surface area contributed by atoms with Crippen LogP contribution in [-0.2, 0) is 22.6 Å². The molecule has 1 rings (SSSR count). The van der Waals surface area contributed by atoms with Gasteiger partial charge in [0.05, 0.1) is 19.8 Å². The van der Waals surface area contributed by atoms with Gasteiger partial charge in [0.2, 0.25) is 0 Å². The number of benzene rings is 1. The van der Waals surface area contributed by atoms with E-state index in [4.69, 9.17) is 9.47 Å². The quantitative estimate of drug-likeness (QED) is 0.300. The molecule has 0 spiro atoms. The average molecular weight is 407 g/mol. The Bertz CT molecular complexity index is 414. The molecule has 1 aromatic carbocycles. The van der Waals surface area contributed by atoms with Crippen molar-refractivity contribution in [2.24, 2.45) is 4.99 Å². The minimum absolute atomic E-state index is 0. The fourth-order valence-corrected chi connectivity index (χ4v) is 1.77. The Labute approximate surface area is 144 Å². The summed E-state index contributed by atoms with van der Waals surface area (Å²) in [6.45, 7) is 5.55. The van der Waals surface area contributed by atoms with E-state index in [-0.39, 0.29) is 24.0 Å². The molecule has 0 heterocycles. The lowest BCUT2D eigenvalue weighted by Gasteiger charge is -2.11. The van der Waals surface area contributed by atoms with Gasteiger partial charge in [0.25, 0.3) is 0 Å². The van der Waals surface area contributed by atoms with Crippen molar-refractivity contribution in [3.63, 3.8) is 0 Å². The van der Waals surface area contributed by atoms with Crippen LogP contribution >= 0.6 is 24.0 Å². The summed E-state index contributed by atoms with van der Waals surface area (Å²) in [4.78, 5) is 4.55. The molecule has 0 amide bonds. The van der Waals surface area contributed by atoms with Gasteiger partial charge in [-0.15, -0.1) is 24.0 Å². The van der Waals surface area contributed by atoms with Crippen molar-refractivity contribution in [3.05, 3.63) is 35.4 Å². The summed E-state index contributed by atoms with van der Waals surface area (Å²) >= 11 is 0. The number of halogens is 1. The van der Waals surface area contributed by atoms with Crippen LogP contribution in [0.5, 0.6) is 0 Å². The lowest BCUT2D eigenvalue weighted by Crippen LogP contribution is -2.38. The fourth-order valence-electron chi connectivity index (χ4n) is 1.77. The summed E-state index contributed by atoms with van der Waals surface area (Å²) in [6.07, 6.45) is 0. The lowest BCUT2D eigenvalue weighted by atomic mass is 10.1. The maximum absolute atomic E-state index is 5.14. The molecule has 6 heteroatoms. The van der Waals surface area contributed by atoms with Crippen LogP contribution in [0.3, 0.4) is 0 Å². The van der Waals surface area contributed by atoms with Gasteiger partial charge >= 0.3 is 0 Å². The number of hydrogen-bond donors (Lipinski definition) is 2.